The van der Waals surface area contributed by atoms with E-state index in [0.717, 1.165) is 24.1 Å². The van der Waals surface area contributed by atoms with Crippen LogP contribution in [0.3, 0.4) is 0 Å². The Kier molecular flexibility index (Phi) is 2.73. The van der Waals surface area contributed by atoms with Gasteiger partial charge in [0.05, 0.1) is 0 Å². The molecule has 15 heavy (non-hydrogen) atoms. The Morgan fingerprint density at radius 2 is 2.27 bits per heavy atom. The Morgan fingerprint density at radius 1 is 1.47 bits per heavy atom. The largest absolute Gasteiger partial charge is 0.326 e. The van der Waals surface area contributed by atoms with E-state index in [4.69, 9.17) is 0 Å². The van der Waals surface area contributed by atoms with Crippen LogP contribution in [0.2, 0.25) is 0 Å². The van der Waals surface area contributed by atoms with Crippen molar-refractivity contribution < 1.29 is 4.79 Å². The number of amides is 1. The summed E-state index contributed by atoms with van der Waals surface area (Å²) in [5.74, 6) is 6.18. The van der Waals surface area contributed by atoms with E-state index in [2.05, 4.69) is 17.2 Å². The minimum Gasteiger partial charge on any atom is -0.326 e. The van der Waals surface area contributed by atoms with Crippen molar-refractivity contribution in [3.05, 3.63) is 29.8 Å². The van der Waals surface area contributed by atoms with Gasteiger partial charge in [-0.05, 0) is 38.0 Å². The number of benzene rings is 1. The van der Waals surface area contributed by atoms with Gasteiger partial charge in [-0.25, -0.2) is 0 Å². The molecule has 2 rings (SSSR count). The van der Waals surface area contributed by atoms with Crippen molar-refractivity contribution in [2.45, 2.75) is 19.8 Å². The van der Waals surface area contributed by atoms with Gasteiger partial charge < -0.3 is 5.32 Å². The molecule has 2 heteroatoms. The van der Waals surface area contributed by atoms with Crippen LogP contribution in [0.25, 0.3) is 0 Å². The molecule has 0 aliphatic heterocycles. The van der Waals surface area contributed by atoms with Gasteiger partial charge in [0.25, 0.3) is 0 Å². The smallest absolute Gasteiger partial charge is 0.227 e. The third-order valence-corrected chi connectivity index (χ3v) is 2.35. The topological polar surface area (TPSA) is 29.1 Å². The maximum atomic E-state index is 11.5. The van der Waals surface area contributed by atoms with E-state index in [0.29, 0.717) is 0 Å². The molecule has 0 spiro atoms. The fraction of sp³-hybridized carbons (Fsp3) is 0.308. The van der Waals surface area contributed by atoms with Gasteiger partial charge in [-0.15, -0.1) is 5.92 Å². The Morgan fingerprint density at radius 3 is 2.93 bits per heavy atom. The molecule has 1 saturated carbocycles. The lowest BCUT2D eigenvalue weighted by Gasteiger charge is -2.03. The number of carbonyl (C=O) groups is 1. The normalized spacial score (nSPS) is 13.9. The van der Waals surface area contributed by atoms with Crippen molar-refractivity contribution in [1.82, 2.24) is 0 Å². The molecule has 1 aromatic carbocycles. The van der Waals surface area contributed by atoms with Gasteiger partial charge in [0.2, 0.25) is 5.91 Å². The van der Waals surface area contributed by atoms with Gasteiger partial charge in [-0.2, -0.15) is 0 Å². The highest BCUT2D eigenvalue weighted by Gasteiger charge is 2.29. The molecule has 1 fully saturated rings. The molecular weight excluding hydrogens is 186 g/mol. The Labute approximate surface area is 89.7 Å². The van der Waals surface area contributed by atoms with Crippen molar-refractivity contribution in [3.8, 4) is 11.8 Å². The van der Waals surface area contributed by atoms with E-state index in [-0.39, 0.29) is 11.8 Å². The van der Waals surface area contributed by atoms with E-state index < -0.39 is 0 Å². The fourth-order valence-electron chi connectivity index (χ4n) is 1.41. The first-order valence-corrected chi connectivity index (χ1v) is 5.13. The van der Waals surface area contributed by atoms with E-state index >= 15 is 0 Å². The predicted molar refractivity (Wildman–Crippen MR) is 60.3 cm³/mol. The van der Waals surface area contributed by atoms with Crippen LogP contribution >= 0.6 is 0 Å². The minimum absolute atomic E-state index is 0.136. The van der Waals surface area contributed by atoms with Crippen LogP contribution in [0.5, 0.6) is 0 Å². The number of nitrogens with one attached hydrogen (secondary N) is 1. The van der Waals surface area contributed by atoms with E-state index in [1.54, 1.807) is 6.92 Å². The van der Waals surface area contributed by atoms with E-state index in [9.17, 15) is 4.79 Å². The molecule has 1 N–H and O–H groups in total. The Bertz CT molecular complexity index is 435. The van der Waals surface area contributed by atoms with Crippen LogP contribution in [0.1, 0.15) is 25.3 Å². The molecule has 76 valence electrons. The summed E-state index contributed by atoms with van der Waals surface area (Å²) >= 11 is 0. The molecule has 0 bridgehead atoms. The molecule has 1 aliphatic rings. The molecule has 2 nitrogen and oxygen atoms in total. The third-order valence-electron chi connectivity index (χ3n) is 2.35. The van der Waals surface area contributed by atoms with Gasteiger partial charge in [0, 0.05) is 17.2 Å². The van der Waals surface area contributed by atoms with Gasteiger partial charge in [0.15, 0.2) is 0 Å². The van der Waals surface area contributed by atoms with Crippen molar-refractivity contribution in [2.24, 2.45) is 5.92 Å². The summed E-state index contributed by atoms with van der Waals surface area (Å²) in [5.41, 5.74) is 1.78. The van der Waals surface area contributed by atoms with Crippen molar-refractivity contribution in [3.63, 3.8) is 0 Å². The van der Waals surface area contributed by atoms with E-state index in [1.165, 1.54) is 0 Å². The predicted octanol–water partition coefficient (Wildman–Crippen LogP) is 2.41. The summed E-state index contributed by atoms with van der Waals surface area (Å²) in [7, 11) is 0. The van der Waals surface area contributed by atoms with Gasteiger partial charge in [0.1, 0.15) is 0 Å². The molecule has 1 aromatic rings. The molecule has 0 heterocycles. The maximum absolute atomic E-state index is 11.5. The zero-order valence-corrected chi connectivity index (χ0v) is 8.71. The highest BCUT2D eigenvalue weighted by atomic mass is 16.2. The van der Waals surface area contributed by atoms with Crippen LogP contribution in [0, 0.1) is 17.8 Å². The second-order valence-electron chi connectivity index (χ2n) is 3.72. The SMILES string of the molecule is CC#Cc1cccc(NC(=O)C2CC2)c1. The quantitative estimate of drug-likeness (QED) is 0.728. The summed E-state index contributed by atoms with van der Waals surface area (Å²) in [6.07, 6.45) is 2.06. The molecule has 1 amide bonds. The first-order valence-electron chi connectivity index (χ1n) is 5.13. The lowest BCUT2D eigenvalue weighted by molar-refractivity contribution is -0.117. The summed E-state index contributed by atoms with van der Waals surface area (Å²) in [6.45, 7) is 1.80. The van der Waals surface area contributed by atoms with E-state index in [1.807, 2.05) is 24.3 Å². The number of rotatable bonds is 2. The summed E-state index contributed by atoms with van der Waals surface area (Å²) in [5, 5.41) is 2.90. The van der Waals surface area contributed by atoms with Crippen LogP contribution < -0.4 is 5.32 Å². The fourth-order valence-corrected chi connectivity index (χ4v) is 1.41. The summed E-state index contributed by atoms with van der Waals surface area (Å²) in [6, 6.07) is 7.63. The first kappa shape index (κ1) is 9.79. The van der Waals surface area contributed by atoms with Crippen LogP contribution in [0.15, 0.2) is 24.3 Å². The second kappa shape index (κ2) is 4.18. The average molecular weight is 199 g/mol. The maximum Gasteiger partial charge on any atom is 0.227 e. The van der Waals surface area contributed by atoms with Gasteiger partial charge in [-0.1, -0.05) is 12.0 Å². The van der Waals surface area contributed by atoms with Crippen LogP contribution in [-0.4, -0.2) is 5.91 Å². The number of carbonyl (C=O) groups excluding carboxylic acids is 1. The van der Waals surface area contributed by atoms with Crippen LogP contribution in [0.4, 0.5) is 5.69 Å². The van der Waals surface area contributed by atoms with Gasteiger partial charge >= 0.3 is 0 Å². The molecule has 0 saturated heterocycles. The highest BCUT2D eigenvalue weighted by molar-refractivity contribution is 5.94. The van der Waals surface area contributed by atoms with Crippen LogP contribution in [-0.2, 0) is 4.79 Å². The summed E-state index contributed by atoms with van der Waals surface area (Å²) < 4.78 is 0. The summed E-state index contributed by atoms with van der Waals surface area (Å²) in [4.78, 5) is 11.5. The molecule has 1 aliphatic carbocycles. The number of hydrogen-bond donors (Lipinski definition) is 1. The molecule has 0 atom stereocenters. The zero-order valence-electron chi connectivity index (χ0n) is 8.71. The molecule has 0 unspecified atom stereocenters. The van der Waals surface area contributed by atoms with Crippen molar-refractivity contribution >= 4 is 11.6 Å². The average Bonchev–Trinajstić information content (AvgIpc) is 3.01. The molecule has 0 radical (unpaired) electrons. The third kappa shape index (κ3) is 2.60. The first-order chi connectivity index (χ1) is 7.29. The molecule has 0 aromatic heterocycles. The lowest BCUT2D eigenvalue weighted by atomic mass is 10.2. The number of hydrogen-bond acceptors (Lipinski definition) is 1. The Balaban J connectivity index is 2.09. The van der Waals surface area contributed by atoms with Crippen molar-refractivity contribution in [2.75, 3.05) is 5.32 Å². The Hall–Kier alpha value is -1.75. The van der Waals surface area contributed by atoms with Gasteiger partial charge in [-0.3, -0.25) is 4.79 Å². The minimum atomic E-state index is 0.136. The lowest BCUT2D eigenvalue weighted by Crippen LogP contribution is -2.13. The number of anilines is 1. The molecular formula is C13H13NO. The monoisotopic (exact) mass is 199 g/mol. The highest BCUT2D eigenvalue weighted by Crippen LogP contribution is 2.30. The zero-order chi connectivity index (χ0) is 10.7. The second-order valence-corrected chi connectivity index (χ2v) is 3.72. The standard InChI is InChI=1S/C13H13NO/c1-2-4-10-5-3-6-12(9-10)14-13(15)11-7-8-11/h3,5-6,9,11H,7-8H2,1H3,(H,14,15). The van der Waals surface area contributed by atoms with Crippen molar-refractivity contribution in [1.29, 1.82) is 0 Å².